The van der Waals surface area contributed by atoms with E-state index in [4.69, 9.17) is 26.2 Å². The Morgan fingerprint density at radius 2 is 1.77 bits per heavy atom. The molecule has 0 unspecified atom stereocenters. The minimum absolute atomic E-state index is 0.0765. The Labute approximate surface area is 204 Å². The fourth-order valence-corrected chi connectivity index (χ4v) is 3.64. The van der Waals surface area contributed by atoms with Crippen molar-refractivity contribution in [3.63, 3.8) is 0 Å². The molecule has 0 fully saturated rings. The molecule has 2 N–H and O–H groups in total. The molecule has 0 bridgehead atoms. The van der Waals surface area contributed by atoms with Crippen molar-refractivity contribution in [1.29, 1.82) is 0 Å². The monoisotopic (exact) mass is 507 g/mol. The lowest BCUT2D eigenvalue weighted by atomic mass is 9.94. The van der Waals surface area contributed by atoms with Crippen LogP contribution in [0.15, 0.2) is 60.7 Å². The third-order valence-electron chi connectivity index (χ3n) is 5.02. The normalized spacial score (nSPS) is 11.1. The molecule has 0 aromatic heterocycles. The average Bonchev–Trinajstić information content (AvgIpc) is 2.80. The van der Waals surface area contributed by atoms with E-state index in [1.165, 1.54) is 19.2 Å². The van der Waals surface area contributed by atoms with Crippen LogP contribution >= 0.6 is 11.6 Å². The summed E-state index contributed by atoms with van der Waals surface area (Å²) in [5, 5.41) is 12.0. The number of amides is 1. The highest BCUT2D eigenvalue weighted by Crippen LogP contribution is 2.37. The summed E-state index contributed by atoms with van der Waals surface area (Å²) < 4.78 is 50.6. The third-order valence-corrected chi connectivity index (χ3v) is 5.26. The van der Waals surface area contributed by atoms with Crippen LogP contribution in [-0.4, -0.2) is 24.3 Å². The highest BCUT2D eigenvalue weighted by atomic mass is 35.5. The van der Waals surface area contributed by atoms with Gasteiger partial charge >= 0.3 is 18.2 Å². The molecule has 0 saturated carbocycles. The van der Waals surface area contributed by atoms with Crippen LogP contribution in [0.1, 0.15) is 22.3 Å². The number of methoxy groups -OCH3 is 1. The number of hydrogen-bond donors (Lipinski definition) is 2. The van der Waals surface area contributed by atoms with E-state index in [1.807, 2.05) is 0 Å². The number of rotatable bonds is 8. The first-order valence-corrected chi connectivity index (χ1v) is 10.7. The summed E-state index contributed by atoms with van der Waals surface area (Å²) in [6, 6.07) is 14.4. The van der Waals surface area contributed by atoms with Gasteiger partial charge in [0.2, 0.25) is 0 Å². The maximum absolute atomic E-state index is 13.4. The van der Waals surface area contributed by atoms with Gasteiger partial charge in [-0.1, -0.05) is 35.9 Å². The van der Waals surface area contributed by atoms with Gasteiger partial charge in [-0.2, -0.15) is 13.2 Å². The maximum atomic E-state index is 13.4. The highest BCUT2D eigenvalue weighted by Gasteiger charge is 2.31. The molecular formula is C25H21ClF3NO5. The first-order valence-electron chi connectivity index (χ1n) is 10.3. The number of aliphatic carboxylic acids is 1. The predicted molar refractivity (Wildman–Crippen MR) is 123 cm³/mol. The van der Waals surface area contributed by atoms with Crippen molar-refractivity contribution in [2.45, 2.75) is 25.7 Å². The summed E-state index contributed by atoms with van der Waals surface area (Å²) in [5.74, 6) is -0.721. The van der Waals surface area contributed by atoms with Crippen LogP contribution in [0.25, 0.3) is 11.1 Å². The Hall–Kier alpha value is -3.72. The predicted octanol–water partition coefficient (Wildman–Crippen LogP) is 6.09. The number of carboxylic acid groups (broad SMARTS) is 1. The molecule has 3 aromatic carbocycles. The minimum atomic E-state index is -4.60. The largest absolute Gasteiger partial charge is 0.496 e. The molecule has 35 heavy (non-hydrogen) atoms. The number of benzene rings is 3. The van der Waals surface area contributed by atoms with Gasteiger partial charge in [0.15, 0.2) is 0 Å². The highest BCUT2D eigenvalue weighted by molar-refractivity contribution is 6.30. The van der Waals surface area contributed by atoms with Crippen molar-refractivity contribution >= 4 is 23.7 Å². The van der Waals surface area contributed by atoms with Crippen LogP contribution in [-0.2, 0) is 35.3 Å². The second-order valence-electron chi connectivity index (χ2n) is 7.53. The quantitative estimate of drug-likeness (QED) is 0.385. The summed E-state index contributed by atoms with van der Waals surface area (Å²) in [6.45, 7) is -0.354. The molecule has 0 heterocycles. The number of carbonyl (C=O) groups excluding carboxylic acids is 1. The standard InChI is InChI=1S/C25H21ClF3NO5/c1-34-22-8-5-15(11-23(31)32)10-21(22)20-7-6-18(25(27,28)29)12-17(20)13-30-24(33)35-14-16-3-2-4-19(26)9-16/h2-10,12H,11,13-14H2,1H3,(H,30,33)(H,31,32). The molecule has 3 aromatic rings. The van der Waals surface area contributed by atoms with Crippen molar-refractivity contribution in [2.75, 3.05) is 7.11 Å². The molecule has 3 rings (SSSR count). The van der Waals surface area contributed by atoms with Crippen LogP contribution in [0.2, 0.25) is 5.02 Å². The Kier molecular flexibility index (Phi) is 8.24. The first-order chi connectivity index (χ1) is 16.6. The number of alkyl carbamates (subject to hydrolysis) is 1. The summed E-state index contributed by atoms with van der Waals surface area (Å²) in [6.07, 6.45) is -5.71. The molecule has 10 heteroatoms. The first kappa shape index (κ1) is 25.9. The smallest absolute Gasteiger partial charge is 0.416 e. The summed E-state index contributed by atoms with van der Waals surface area (Å²) in [5.41, 5.74) is 1.07. The molecule has 0 spiro atoms. The number of carbonyl (C=O) groups is 2. The number of nitrogens with one attached hydrogen (secondary N) is 1. The van der Waals surface area contributed by atoms with Gasteiger partial charge < -0.3 is 19.9 Å². The molecule has 0 aliphatic rings. The molecule has 0 saturated heterocycles. The Balaban J connectivity index is 1.88. The van der Waals surface area contributed by atoms with Crippen molar-refractivity contribution < 1.29 is 37.3 Å². The summed E-state index contributed by atoms with van der Waals surface area (Å²) >= 11 is 5.90. The van der Waals surface area contributed by atoms with Crippen molar-refractivity contribution in [2.24, 2.45) is 0 Å². The van der Waals surface area contributed by atoms with E-state index < -0.39 is 23.8 Å². The number of alkyl halides is 3. The van der Waals surface area contributed by atoms with Gasteiger partial charge in [-0.3, -0.25) is 4.79 Å². The SMILES string of the molecule is COc1ccc(CC(=O)O)cc1-c1ccc(C(F)(F)F)cc1CNC(=O)OCc1cccc(Cl)c1. The van der Waals surface area contributed by atoms with Crippen molar-refractivity contribution in [3.8, 4) is 16.9 Å². The van der Waals surface area contributed by atoms with Crippen LogP contribution in [0.5, 0.6) is 5.75 Å². The molecule has 1 amide bonds. The number of ether oxygens (including phenoxy) is 2. The topological polar surface area (TPSA) is 84.9 Å². The zero-order valence-electron chi connectivity index (χ0n) is 18.5. The lowest BCUT2D eigenvalue weighted by Gasteiger charge is -2.17. The van der Waals surface area contributed by atoms with E-state index in [-0.39, 0.29) is 25.1 Å². The average molecular weight is 508 g/mol. The number of hydrogen-bond acceptors (Lipinski definition) is 4. The number of halogens is 4. The van der Waals surface area contributed by atoms with E-state index in [0.29, 0.717) is 33.0 Å². The summed E-state index contributed by atoms with van der Waals surface area (Å²) in [4.78, 5) is 23.4. The molecule has 6 nitrogen and oxygen atoms in total. The minimum Gasteiger partial charge on any atom is -0.496 e. The maximum Gasteiger partial charge on any atom is 0.416 e. The van der Waals surface area contributed by atoms with Crippen LogP contribution in [0.3, 0.4) is 0 Å². The fourth-order valence-electron chi connectivity index (χ4n) is 3.42. The molecule has 0 aliphatic heterocycles. The van der Waals surface area contributed by atoms with Crippen molar-refractivity contribution in [3.05, 3.63) is 87.9 Å². The second kappa shape index (κ2) is 11.1. The van der Waals surface area contributed by atoms with E-state index in [2.05, 4.69) is 5.32 Å². The van der Waals surface area contributed by atoms with Crippen LogP contribution < -0.4 is 10.1 Å². The van der Waals surface area contributed by atoms with Gasteiger partial charge in [0.05, 0.1) is 19.1 Å². The molecule has 0 aliphatic carbocycles. The third kappa shape index (κ3) is 7.13. The van der Waals surface area contributed by atoms with E-state index in [0.717, 1.165) is 12.1 Å². The molecule has 0 atom stereocenters. The van der Waals surface area contributed by atoms with Gasteiger partial charge in [-0.15, -0.1) is 0 Å². The van der Waals surface area contributed by atoms with Crippen LogP contribution in [0, 0.1) is 0 Å². The Morgan fingerprint density at radius 1 is 1.00 bits per heavy atom. The van der Waals surface area contributed by atoms with Crippen molar-refractivity contribution in [1.82, 2.24) is 5.32 Å². The van der Waals surface area contributed by atoms with Gasteiger partial charge in [0.25, 0.3) is 0 Å². The van der Waals surface area contributed by atoms with Crippen LogP contribution in [0.4, 0.5) is 18.0 Å². The Bertz CT molecular complexity index is 1230. The molecule has 0 radical (unpaired) electrons. The van der Waals surface area contributed by atoms with E-state index in [1.54, 1.807) is 36.4 Å². The molecule has 184 valence electrons. The van der Waals surface area contributed by atoms with E-state index >= 15 is 0 Å². The molecular weight excluding hydrogens is 487 g/mol. The summed E-state index contributed by atoms with van der Waals surface area (Å²) in [7, 11) is 1.39. The van der Waals surface area contributed by atoms with E-state index in [9.17, 15) is 22.8 Å². The second-order valence-corrected chi connectivity index (χ2v) is 7.97. The van der Waals surface area contributed by atoms with Gasteiger partial charge in [0, 0.05) is 17.1 Å². The zero-order chi connectivity index (χ0) is 25.6. The number of carboxylic acids is 1. The van der Waals surface area contributed by atoms with Gasteiger partial charge in [0.1, 0.15) is 12.4 Å². The fraction of sp³-hybridized carbons (Fsp3) is 0.200. The van der Waals surface area contributed by atoms with Gasteiger partial charge in [-0.05, 0) is 58.7 Å². The lowest BCUT2D eigenvalue weighted by Crippen LogP contribution is -2.24. The van der Waals surface area contributed by atoms with Gasteiger partial charge in [-0.25, -0.2) is 4.79 Å². The zero-order valence-corrected chi connectivity index (χ0v) is 19.2. The lowest BCUT2D eigenvalue weighted by molar-refractivity contribution is -0.138. The Morgan fingerprint density at radius 3 is 2.43 bits per heavy atom.